The van der Waals surface area contributed by atoms with E-state index < -0.39 is 0 Å². The molecular formula is C24H32N2O3. The number of para-hydroxylation sites is 1. The van der Waals surface area contributed by atoms with E-state index in [1.807, 2.05) is 36.4 Å². The maximum atomic E-state index is 12.8. The zero-order valence-corrected chi connectivity index (χ0v) is 18.0. The van der Waals surface area contributed by atoms with Crippen LogP contribution in [0.15, 0.2) is 48.5 Å². The van der Waals surface area contributed by atoms with E-state index in [4.69, 9.17) is 9.47 Å². The molecule has 0 saturated carbocycles. The number of amides is 1. The fraction of sp³-hybridized carbons (Fsp3) is 0.458. The number of carbonyl (C=O) groups excluding carboxylic acids is 1. The Morgan fingerprint density at radius 2 is 1.66 bits per heavy atom. The molecular weight excluding hydrogens is 364 g/mol. The number of methoxy groups -OCH3 is 1. The van der Waals surface area contributed by atoms with E-state index in [9.17, 15) is 4.79 Å². The molecule has 2 N–H and O–H groups in total. The average Bonchev–Trinajstić information content (AvgIpc) is 2.61. The van der Waals surface area contributed by atoms with Crippen LogP contribution in [0, 0.1) is 0 Å². The monoisotopic (exact) mass is 396 g/mol. The first-order valence-corrected chi connectivity index (χ1v) is 10.1. The summed E-state index contributed by atoms with van der Waals surface area (Å²) in [4.78, 5) is 12.8. The Hall–Kier alpha value is -2.37. The highest BCUT2D eigenvalue weighted by Gasteiger charge is 2.38. The van der Waals surface area contributed by atoms with Crippen molar-refractivity contribution in [1.82, 2.24) is 10.6 Å². The molecule has 1 fully saturated rings. The molecule has 2 aromatic carbocycles. The summed E-state index contributed by atoms with van der Waals surface area (Å²) in [5.74, 6) is 1.40. The summed E-state index contributed by atoms with van der Waals surface area (Å²) in [5, 5.41) is 6.85. The van der Waals surface area contributed by atoms with Crippen molar-refractivity contribution >= 4 is 5.91 Å². The van der Waals surface area contributed by atoms with Gasteiger partial charge in [0.05, 0.1) is 6.61 Å². The highest BCUT2D eigenvalue weighted by atomic mass is 16.5. The number of rotatable bonds is 6. The summed E-state index contributed by atoms with van der Waals surface area (Å²) >= 11 is 0. The Morgan fingerprint density at radius 1 is 1.03 bits per heavy atom. The van der Waals surface area contributed by atoms with Crippen molar-refractivity contribution < 1.29 is 14.3 Å². The highest BCUT2D eigenvalue weighted by molar-refractivity contribution is 5.94. The first-order chi connectivity index (χ1) is 13.7. The molecule has 1 aliphatic heterocycles. The number of piperidine rings is 1. The molecule has 1 heterocycles. The van der Waals surface area contributed by atoms with Gasteiger partial charge < -0.3 is 20.1 Å². The molecule has 1 aliphatic rings. The predicted molar refractivity (Wildman–Crippen MR) is 115 cm³/mol. The molecule has 0 aliphatic carbocycles. The molecule has 29 heavy (non-hydrogen) atoms. The lowest BCUT2D eigenvalue weighted by Crippen LogP contribution is -2.62. The van der Waals surface area contributed by atoms with Crippen LogP contribution in [0.25, 0.3) is 0 Å². The van der Waals surface area contributed by atoms with Crippen LogP contribution in [-0.4, -0.2) is 30.1 Å². The summed E-state index contributed by atoms with van der Waals surface area (Å²) in [6.07, 6.45) is 1.80. The zero-order valence-electron chi connectivity index (χ0n) is 18.0. The smallest absolute Gasteiger partial charge is 0.251 e. The molecule has 5 heteroatoms. The predicted octanol–water partition coefficient (Wildman–Crippen LogP) is 4.66. The number of hydrogen-bond acceptors (Lipinski definition) is 4. The van der Waals surface area contributed by atoms with Gasteiger partial charge in [0.2, 0.25) is 0 Å². The molecule has 0 radical (unpaired) electrons. The molecule has 1 amide bonds. The molecule has 3 rings (SSSR count). The molecule has 1 saturated heterocycles. The van der Waals surface area contributed by atoms with Crippen molar-refractivity contribution in [3.05, 3.63) is 59.7 Å². The van der Waals surface area contributed by atoms with Crippen LogP contribution < -0.4 is 15.4 Å². The summed E-state index contributed by atoms with van der Waals surface area (Å²) in [7, 11) is 1.66. The Bertz CT molecular complexity index is 827. The first kappa shape index (κ1) is 21.3. The number of nitrogens with one attached hydrogen (secondary N) is 2. The zero-order chi connectivity index (χ0) is 21.1. The van der Waals surface area contributed by atoms with Crippen LogP contribution in [0.4, 0.5) is 0 Å². The van der Waals surface area contributed by atoms with Gasteiger partial charge in [0.1, 0.15) is 11.5 Å². The second-order valence-electron chi connectivity index (χ2n) is 9.14. The van der Waals surface area contributed by atoms with Crippen LogP contribution in [0.1, 0.15) is 56.5 Å². The Balaban J connectivity index is 1.65. The summed E-state index contributed by atoms with van der Waals surface area (Å²) < 4.78 is 11.2. The van der Waals surface area contributed by atoms with Crippen LogP contribution in [-0.2, 0) is 11.3 Å². The summed E-state index contributed by atoms with van der Waals surface area (Å²) in [6.45, 7) is 9.21. The highest BCUT2D eigenvalue weighted by Crippen LogP contribution is 2.29. The van der Waals surface area contributed by atoms with Crippen molar-refractivity contribution in [2.45, 2.75) is 64.3 Å². The molecule has 5 nitrogen and oxygen atoms in total. The minimum Gasteiger partial charge on any atom is -0.457 e. The van der Waals surface area contributed by atoms with Crippen LogP contribution in [0.3, 0.4) is 0 Å². The second kappa shape index (κ2) is 8.56. The largest absolute Gasteiger partial charge is 0.457 e. The Labute approximate surface area is 173 Å². The SMILES string of the molecule is COCc1ccccc1Oc1ccc(C(=O)NC2CC(C)(C)NC(C)(C)C2)cc1. The molecule has 0 atom stereocenters. The van der Waals surface area contributed by atoms with Crippen molar-refractivity contribution in [3.8, 4) is 11.5 Å². The lowest BCUT2D eigenvalue weighted by Gasteiger charge is -2.46. The van der Waals surface area contributed by atoms with E-state index in [1.54, 1.807) is 19.2 Å². The molecule has 2 aromatic rings. The van der Waals surface area contributed by atoms with Crippen LogP contribution in [0.2, 0.25) is 0 Å². The third-order valence-corrected chi connectivity index (χ3v) is 5.14. The molecule has 0 unspecified atom stereocenters. The Morgan fingerprint density at radius 3 is 2.28 bits per heavy atom. The maximum Gasteiger partial charge on any atom is 0.251 e. The maximum absolute atomic E-state index is 12.8. The van der Waals surface area contributed by atoms with Crippen LogP contribution >= 0.6 is 0 Å². The second-order valence-corrected chi connectivity index (χ2v) is 9.14. The molecule has 0 spiro atoms. The average molecular weight is 397 g/mol. The van der Waals surface area contributed by atoms with Crippen molar-refractivity contribution in [1.29, 1.82) is 0 Å². The number of hydrogen-bond donors (Lipinski definition) is 2. The van der Waals surface area contributed by atoms with E-state index in [1.165, 1.54) is 0 Å². The first-order valence-electron chi connectivity index (χ1n) is 10.1. The van der Waals surface area contributed by atoms with E-state index in [0.717, 1.165) is 24.2 Å². The van der Waals surface area contributed by atoms with Gasteiger partial charge >= 0.3 is 0 Å². The van der Waals surface area contributed by atoms with Gasteiger partial charge in [-0.05, 0) is 70.9 Å². The molecule has 156 valence electrons. The third kappa shape index (κ3) is 5.81. The lowest BCUT2D eigenvalue weighted by molar-refractivity contribution is 0.0873. The van der Waals surface area contributed by atoms with Crippen LogP contribution in [0.5, 0.6) is 11.5 Å². The molecule has 0 aromatic heterocycles. The van der Waals surface area contributed by atoms with E-state index >= 15 is 0 Å². The fourth-order valence-corrected chi connectivity index (χ4v) is 4.37. The van der Waals surface area contributed by atoms with Gasteiger partial charge in [-0.3, -0.25) is 4.79 Å². The summed E-state index contributed by atoms with van der Waals surface area (Å²) in [6, 6.07) is 15.2. The minimum atomic E-state index is -0.0465. The third-order valence-electron chi connectivity index (χ3n) is 5.14. The van der Waals surface area contributed by atoms with Gasteiger partial charge in [0, 0.05) is 35.4 Å². The quantitative estimate of drug-likeness (QED) is 0.745. The van der Waals surface area contributed by atoms with E-state index in [2.05, 4.69) is 38.3 Å². The minimum absolute atomic E-state index is 0.00696. The number of carbonyl (C=O) groups is 1. The van der Waals surface area contributed by atoms with Gasteiger partial charge in [-0.1, -0.05) is 18.2 Å². The van der Waals surface area contributed by atoms with E-state index in [0.29, 0.717) is 17.9 Å². The van der Waals surface area contributed by atoms with Gasteiger partial charge in [0.25, 0.3) is 5.91 Å². The van der Waals surface area contributed by atoms with Crippen molar-refractivity contribution in [2.24, 2.45) is 0 Å². The van der Waals surface area contributed by atoms with Gasteiger partial charge in [0.15, 0.2) is 0 Å². The molecule has 0 bridgehead atoms. The van der Waals surface area contributed by atoms with Crippen molar-refractivity contribution in [3.63, 3.8) is 0 Å². The number of ether oxygens (including phenoxy) is 2. The Kier molecular flexibility index (Phi) is 6.30. The van der Waals surface area contributed by atoms with Crippen molar-refractivity contribution in [2.75, 3.05) is 7.11 Å². The van der Waals surface area contributed by atoms with Gasteiger partial charge in [-0.15, -0.1) is 0 Å². The standard InChI is InChI=1S/C24H32N2O3/c1-23(2)14-19(15-24(3,4)26-23)25-22(27)17-10-12-20(13-11-17)29-21-9-7-6-8-18(21)16-28-5/h6-13,19,26H,14-16H2,1-5H3,(H,25,27). The van der Waals surface area contributed by atoms with Gasteiger partial charge in [-0.2, -0.15) is 0 Å². The normalized spacial score (nSPS) is 18.2. The fourth-order valence-electron chi connectivity index (χ4n) is 4.37. The number of benzene rings is 2. The topological polar surface area (TPSA) is 59.6 Å². The van der Waals surface area contributed by atoms with E-state index in [-0.39, 0.29) is 23.0 Å². The lowest BCUT2D eigenvalue weighted by atomic mass is 9.79. The summed E-state index contributed by atoms with van der Waals surface area (Å²) in [5.41, 5.74) is 1.60. The van der Waals surface area contributed by atoms with Gasteiger partial charge in [-0.25, -0.2) is 0 Å².